The molecule has 3 aromatic carbocycles. The average Bonchev–Trinajstić information content (AvgIpc) is 2.71. The van der Waals surface area contributed by atoms with Crippen molar-refractivity contribution in [2.45, 2.75) is 38.1 Å². The Balaban J connectivity index is 1.61. The molecule has 0 radical (unpaired) electrons. The summed E-state index contributed by atoms with van der Waals surface area (Å²) in [5.74, 6) is -0.624. The Morgan fingerprint density at radius 3 is 2.26 bits per heavy atom. The molecule has 3 aromatic rings. The van der Waals surface area contributed by atoms with E-state index in [4.69, 9.17) is 0 Å². The van der Waals surface area contributed by atoms with Gasteiger partial charge in [0, 0.05) is 5.69 Å². The number of aryl methyl sites for hydroxylation is 2. The van der Waals surface area contributed by atoms with Crippen LogP contribution in [0.2, 0.25) is 0 Å². The summed E-state index contributed by atoms with van der Waals surface area (Å²) in [6.07, 6.45) is 0.181. The third-order valence-electron chi connectivity index (χ3n) is 4.97. The monoisotopic (exact) mass is 440 g/mol. The van der Waals surface area contributed by atoms with E-state index in [-0.39, 0.29) is 23.3 Å². The molecule has 1 amide bonds. The molecule has 0 heterocycles. The molecule has 0 spiro atoms. The molecule has 1 atom stereocenters. The van der Waals surface area contributed by atoms with Crippen LogP contribution < -0.4 is 10.0 Å². The largest absolute Gasteiger partial charge is 0.349 e. The van der Waals surface area contributed by atoms with Crippen molar-refractivity contribution in [2.24, 2.45) is 0 Å². The SMILES string of the molecule is Cc1ccc(C)c(C(C)NC(=O)Cc2ccc(NS(=O)(=O)c3ccc(F)cc3)cc2)c1. The number of sulfonamides is 1. The first-order chi connectivity index (χ1) is 14.6. The summed E-state index contributed by atoms with van der Waals surface area (Å²) in [6, 6.07) is 17.2. The minimum atomic E-state index is -3.82. The van der Waals surface area contributed by atoms with E-state index in [2.05, 4.69) is 16.1 Å². The molecule has 3 rings (SSSR count). The van der Waals surface area contributed by atoms with Gasteiger partial charge in [0.1, 0.15) is 5.82 Å². The van der Waals surface area contributed by atoms with Crippen LogP contribution in [0, 0.1) is 19.7 Å². The fourth-order valence-electron chi connectivity index (χ4n) is 3.30. The Bertz CT molecular complexity index is 1170. The highest BCUT2D eigenvalue weighted by atomic mass is 32.2. The molecule has 0 saturated carbocycles. The van der Waals surface area contributed by atoms with Gasteiger partial charge in [-0.2, -0.15) is 0 Å². The lowest BCUT2D eigenvalue weighted by Gasteiger charge is -2.17. The number of amides is 1. The molecule has 0 aromatic heterocycles. The fourth-order valence-corrected chi connectivity index (χ4v) is 4.36. The number of halogens is 1. The first kappa shape index (κ1) is 22.5. The van der Waals surface area contributed by atoms with Crippen LogP contribution in [0.3, 0.4) is 0 Å². The van der Waals surface area contributed by atoms with E-state index in [9.17, 15) is 17.6 Å². The van der Waals surface area contributed by atoms with Crippen molar-refractivity contribution in [2.75, 3.05) is 4.72 Å². The van der Waals surface area contributed by atoms with Crippen LogP contribution in [-0.2, 0) is 21.2 Å². The van der Waals surface area contributed by atoms with Gasteiger partial charge in [-0.25, -0.2) is 12.8 Å². The highest BCUT2D eigenvalue weighted by Crippen LogP contribution is 2.20. The number of hydrogen-bond donors (Lipinski definition) is 2. The van der Waals surface area contributed by atoms with E-state index in [1.165, 1.54) is 12.1 Å². The maximum atomic E-state index is 13.0. The van der Waals surface area contributed by atoms with Crippen LogP contribution in [0.5, 0.6) is 0 Å². The van der Waals surface area contributed by atoms with Crippen molar-refractivity contribution in [3.05, 3.63) is 94.8 Å². The van der Waals surface area contributed by atoms with Gasteiger partial charge in [0.05, 0.1) is 17.4 Å². The normalized spacial score (nSPS) is 12.3. The van der Waals surface area contributed by atoms with Gasteiger partial charge < -0.3 is 5.32 Å². The number of nitrogens with one attached hydrogen (secondary N) is 2. The van der Waals surface area contributed by atoms with Gasteiger partial charge in [-0.05, 0) is 73.9 Å². The minimum absolute atomic E-state index is 0.0298. The second-order valence-electron chi connectivity index (χ2n) is 7.58. The van der Waals surface area contributed by atoms with Crippen molar-refractivity contribution in [3.63, 3.8) is 0 Å². The molecule has 0 aliphatic rings. The highest BCUT2D eigenvalue weighted by molar-refractivity contribution is 7.92. The fraction of sp³-hybridized carbons (Fsp3) is 0.208. The van der Waals surface area contributed by atoms with Gasteiger partial charge in [0.25, 0.3) is 10.0 Å². The van der Waals surface area contributed by atoms with E-state index in [0.717, 1.165) is 34.4 Å². The second-order valence-corrected chi connectivity index (χ2v) is 9.26. The van der Waals surface area contributed by atoms with Crippen LogP contribution in [0.15, 0.2) is 71.6 Å². The maximum absolute atomic E-state index is 13.0. The summed E-state index contributed by atoms with van der Waals surface area (Å²) in [6.45, 7) is 5.99. The lowest BCUT2D eigenvalue weighted by molar-refractivity contribution is -0.121. The third kappa shape index (κ3) is 5.92. The molecule has 0 aliphatic heterocycles. The van der Waals surface area contributed by atoms with Gasteiger partial charge in [0.2, 0.25) is 5.91 Å². The van der Waals surface area contributed by atoms with Crippen LogP contribution in [0.4, 0.5) is 10.1 Å². The van der Waals surface area contributed by atoms with E-state index in [0.29, 0.717) is 5.69 Å². The minimum Gasteiger partial charge on any atom is -0.349 e. The van der Waals surface area contributed by atoms with Gasteiger partial charge in [-0.3, -0.25) is 9.52 Å². The van der Waals surface area contributed by atoms with Crippen LogP contribution in [0.25, 0.3) is 0 Å². The summed E-state index contributed by atoms with van der Waals surface area (Å²) < 4.78 is 40.2. The lowest BCUT2D eigenvalue weighted by atomic mass is 9.99. The Kier molecular flexibility index (Phi) is 6.75. The van der Waals surface area contributed by atoms with Crippen LogP contribution in [0.1, 0.15) is 35.2 Å². The zero-order chi connectivity index (χ0) is 22.6. The topological polar surface area (TPSA) is 75.3 Å². The molecule has 7 heteroatoms. The molecule has 1 unspecified atom stereocenters. The van der Waals surface area contributed by atoms with Crippen molar-refractivity contribution >= 4 is 21.6 Å². The molecule has 5 nitrogen and oxygen atoms in total. The quantitative estimate of drug-likeness (QED) is 0.561. The number of carbonyl (C=O) groups excluding carboxylic acids is 1. The zero-order valence-corrected chi connectivity index (χ0v) is 18.5. The Morgan fingerprint density at radius 2 is 1.61 bits per heavy atom. The Labute approximate surface area is 182 Å². The van der Waals surface area contributed by atoms with Gasteiger partial charge in [0.15, 0.2) is 0 Å². The first-order valence-electron chi connectivity index (χ1n) is 9.88. The molecule has 0 aliphatic carbocycles. The number of benzene rings is 3. The predicted molar refractivity (Wildman–Crippen MR) is 120 cm³/mol. The number of carbonyl (C=O) groups is 1. The van der Waals surface area contributed by atoms with Gasteiger partial charge in [-0.1, -0.05) is 35.9 Å². The number of rotatable bonds is 7. The van der Waals surface area contributed by atoms with Crippen LogP contribution in [-0.4, -0.2) is 14.3 Å². The number of hydrogen-bond acceptors (Lipinski definition) is 3. The zero-order valence-electron chi connectivity index (χ0n) is 17.6. The molecule has 0 bridgehead atoms. The maximum Gasteiger partial charge on any atom is 0.261 e. The molecule has 162 valence electrons. The van der Waals surface area contributed by atoms with Gasteiger partial charge >= 0.3 is 0 Å². The molecule has 2 N–H and O–H groups in total. The van der Waals surface area contributed by atoms with Crippen molar-refractivity contribution < 1.29 is 17.6 Å². The summed E-state index contributed by atoms with van der Waals surface area (Å²) in [4.78, 5) is 12.4. The molecule has 31 heavy (non-hydrogen) atoms. The van der Waals surface area contributed by atoms with Crippen LogP contribution >= 0.6 is 0 Å². The predicted octanol–water partition coefficient (Wildman–Crippen LogP) is 4.66. The first-order valence-corrected chi connectivity index (χ1v) is 11.4. The smallest absolute Gasteiger partial charge is 0.261 e. The highest BCUT2D eigenvalue weighted by Gasteiger charge is 2.15. The van der Waals surface area contributed by atoms with Crippen molar-refractivity contribution in [1.29, 1.82) is 0 Å². The molecule has 0 fully saturated rings. The average molecular weight is 441 g/mol. The Hall–Kier alpha value is -3.19. The van der Waals surface area contributed by atoms with Crippen molar-refractivity contribution in [3.8, 4) is 0 Å². The third-order valence-corrected chi connectivity index (χ3v) is 6.37. The molecule has 0 saturated heterocycles. The lowest BCUT2D eigenvalue weighted by Crippen LogP contribution is -2.28. The van der Waals surface area contributed by atoms with E-state index >= 15 is 0 Å². The summed E-state index contributed by atoms with van der Waals surface area (Å²) >= 11 is 0. The Morgan fingerprint density at radius 1 is 0.968 bits per heavy atom. The standard InChI is InChI=1S/C24H25FN2O3S/c1-16-4-5-17(2)23(14-16)18(3)26-24(28)15-19-6-10-21(11-7-19)27-31(29,30)22-12-8-20(25)9-13-22/h4-14,18,27H,15H2,1-3H3,(H,26,28). The van der Waals surface area contributed by atoms with E-state index < -0.39 is 15.8 Å². The van der Waals surface area contributed by atoms with E-state index in [1.54, 1.807) is 24.3 Å². The molecular weight excluding hydrogens is 415 g/mol. The molecular formula is C24H25FN2O3S. The number of anilines is 1. The van der Waals surface area contributed by atoms with E-state index in [1.807, 2.05) is 32.9 Å². The summed E-state index contributed by atoms with van der Waals surface area (Å²) in [5, 5.41) is 3.01. The summed E-state index contributed by atoms with van der Waals surface area (Å²) in [5.41, 5.74) is 4.46. The van der Waals surface area contributed by atoms with Gasteiger partial charge in [-0.15, -0.1) is 0 Å². The van der Waals surface area contributed by atoms with Crippen molar-refractivity contribution in [1.82, 2.24) is 5.32 Å². The second kappa shape index (κ2) is 9.31. The summed E-state index contributed by atoms with van der Waals surface area (Å²) in [7, 11) is -3.82.